The first-order valence-corrected chi connectivity index (χ1v) is 14.0. The van der Waals surface area contributed by atoms with Gasteiger partial charge in [-0.2, -0.15) is 0 Å². The number of anilines is 1. The van der Waals surface area contributed by atoms with E-state index >= 15 is 0 Å². The Hall–Kier alpha value is -3.33. The van der Waals surface area contributed by atoms with Crippen molar-refractivity contribution in [2.75, 3.05) is 25.5 Å². The molecule has 2 aromatic carbocycles. The Kier molecular flexibility index (Phi) is 12.2. The lowest BCUT2D eigenvalue weighted by molar-refractivity contribution is -0.133. The van der Waals surface area contributed by atoms with Crippen molar-refractivity contribution in [3.05, 3.63) is 87.1 Å². The molecule has 216 valence electrons. The van der Waals surface area contributed by atoms with Gasteiger partial charge in [-0.15, -0.1) is 0 Å². The van der Waals surface area contributed by atoms with E-state index < -0.39 is 11.6 Å². The number of carbonyl (C=O) groups is 3. The molecule has 0 aliphatic carbocycles. The van der Waals surface area contributed by atoms with Crippen molar-refractivity contribution in [1.29, 1.82) is 0 Å². The molecule has 0 heterocycles. The van der Waals surface area contributed by atoms with Crippen LogP contribution in [0.1, 0.15) is 61.5 Å². The third-order valence-corrected chi connectivity index (χ3v) is 7.60. The topological polar surface area (TPSA) is 69.7 Å². The average Bonchev–Trinajstić information content (AvgIpc) is 2.90. The number of carbonyl (C=O) groups excluding carboxylic acids is 3. The van der Waals surface area contributed by atoms with Crippen LogP contribution in [0.2, 0.25) is 0 Å². The second-order valence-corrected chi connectivity index (χ2v) is 10.9. The standard InChI is InChI=1S/C31H38BrF2N3O3/c1-8-9-24(30(39)36(6)7)18-35-29(38)23-13-10-20(4)27(16-23)37(19(2)3)31(40)28(32)21(5)11-12-22-14-15-25(33)17-26(22)34/h10,13-17,24H,2,8-9,11-12,18H2,1,3-7H3,(H,35,38)/b28-21-. The fourth-order valence-corrected chi connectivity index (χ4v) is 4.64. The Bertz CT molecular complexity index is 1310. The molecule has 1 atom stereocenters. The number of rotatable bonds is 12. The summed E-state index contributed by atoms with van der Waals surface area (Å²) in [5.74, 6) is -2.37. The van der Waals surface area contributed by atoms with Crippen molar-refractivity contribution < 1.29 is 23.2 Å². The van der Waals surface area contributed by atoms with Crippen LogP contribution >= 0.6 is 15.9 Å². The van der Waals surface area contributed by atoms with E-state index in [0.29, 0.717) is 40.9 Å². The van der Waals surface area contributed by atoms with E-state index in [-0.39, 0.29) is 41.1 Å². The van der Waals surface area contributed by atoms with Gasteiger partial charge in [0.15, 0.2) is 0 Å². The highest BCUT2D eigenvalue weighted by atomic mass is 79.9. The lowest BCUT2D eigenvalue weighted by Crippen LogP contribution is -2.38. The highest BCUT2D eigenvalue weighted by molar-refractivity contribution is 9.12. The molecule has 0 bridgehead atoms. The zero-order valence-corrected chi connectivity index (χ0v) is 25.6. The van der Waals surface area contributed by atoms with Gasteiger partial charge in [-0.1, -0.05) is 37.6 Å². The second-order valence-electron chi connectivity index (χ2n) is 10.1. The van der Waals surface area contributed by atoms with Crippen molar-refractivity contribution in [2.45, 2.75) is 53.4 Å². The van der Waals surface area contributed by atoms with Crippen LogP contribution in [0.3, 0.4) is 0 Å². The molecule has 40 heavy (non-hydrogen) atoms. The Labute approximate surface area is 244 Å². The highest BCUT2D eigenvalue weighted by Gasteiger charge is 2.25. The molecular weight excluding hydrogens is 580 g/mol. The summed E-state index contributed by atoms with van der Waals surface area (Å²) in [7, 11) is 3.38. The van der Waals surface area contributed by atoms with Crippen molar-refractivity contribution >= 4 is 39.3 Å². The van der Waals surface area contributed by atoms with Gasteiger partial charge >= 0.3 is 0 Å². The van der Waals surface area contributed by atoms with Gasteiger partial charge in [0.25, 0.3) is 11.8 Å². The minimum Gasteiger partial charge on any atom is -0.351 e. The van der Waals surface area contributed by atoms with E-state index in [1.165, 1.54) is 21.9 Å². The van der Waals surface area contributed by atoms with Gasteiger partial charge in [0.05, 0.1) is 16.1 Å². The summed E-state index contributed by atoms with van der Waals surface area (Å²) in [5, 5.41) is 2.86. The fourth-order valence-electron chi connectivity index (χ4n) is 4.26. The minimum atomic E-state index is -0.643. The van der Waals surface area contributed by atoms with Crippen molar-refractivity contribution in [2.24, 2.45) is 5.92 Å². The van der Waals surface area contributed by atoms with Crippen LogP contribution in [-0.2, 0) is 16.0 Å². The molecule has 0 fully saturated rings. The maximum absolute atomic E-state index is 14.1. The quantitative estimate of drug-likeness (QED) is 0.270. The normalized spacial score (nSPS) is 12.3. The SMILES string of the molecule is C=C(C)N(C(=O)/C(Br)=C(\C)CCc1ccc(F)cc1F)c1cc(C(=O)NCC(CCC)C(=O)N(C)C)ccc1C. The highest BCUT2D eigenvalue weighted by Crippen LogP contribution is 2.30. The molecule has 9 heteroatoms. The van der Waals surface area contributed by atoms with Crippen LogP contribution in [0.25, 0.3) is 0 Å². The van der Waals surface area contributed by atoms with Gasteiger partial charge in [-0.25, -0.2) is 8.78 Å². The molecule has 0 saturated carbocycles. The van der Waals surface area contributed by atoms with Gasteiger partial charge in [-0.05, 0) is 85.3 Å². The van der Waals surface area contributed by atoms with E-state index in [0.717, 1.165) is 18.1 Å². The van der Waals surface area contributed by atoms with Crippen LogP contribution in [0.4, 0.5) is 14.5 Å². The Morgan fingerprint density at radius 3 is 2.33 bits per heavy atom. The van der Waals surface area contributed by atoms with E-state index in [9.17, 15) is 23.2 Å². The molecule has 1 unspecified atom stereocenters. The molecule has 0 aliphatic rings. The fraction of sp³-hybridized carbons (Fsp3) is 0.387. The number of benzene rings is 2. The largest absolute Gasteiger partial charge is 0.351 e. The number of aryl methyl sites for hydroxylation is 2. The predicted molar refractivity (Wildman–Crippen MR) is 159 cm³/mol. The smallest absolute Gasteiger partial charge is 0.269 e. The summed E-state index contributed by atoms with van der Waals surface area (Å²) in [5.41, 5.74) is 3.07. The van der Waals surface area contributed by atoms with Crippen LogP contribution in [0.15, 0.2) is 58.7 Å². The first kappa shape index (κ1) is 32.9. The molecule has 6 nitrogen and oxygen atoms in total. The maximum Gasteiger partial charge on any atom is 0.269 e. The Balaban J connectivity index is 2.28. The van der Waals surface area contributed by atoms with E-state index in [4.69, 9.17) is 0 Å². The number of amides is 3. The minimum absolute atomic E-state index is 0.0417. The van der Waals surface area contributed by atoms with Gasteiger partial charge in [0.2, 0.25) is 5.91 Å². The molecule has 3 amide bonds. The predicted octanol–water partition coefficient (Wildman–Crippen LogP) is 6.68. The van der Waals surface area contributed by atoms with E-state index in [1.807, 2.05) is 13.8 Å². The summed E-state index contributed by atoms with van der Waals surface area (Å²) in [6.45, 7) is 11.4. The van der Waals surface area contributed by atoms with Crippen LogP contribution in [-0.4, -0.2) is 43.3 Å². The monoisotopic (exact) mass is 617 g/mol. The van der Waals surface area contributed by atoms with Gasteiger partial charge in [0, 0.05) is 38.0 Å². The molecule has 1 N–H and O–H groups in total. The summed E-state index contributed by atoms with van der Waals surface area (Å²) >= 11 is 3.41. The number of allylic oxidation sites excluding steroid dienone is 2. The molecule has 0 aliphatic heterocycles. The number of nitrogens with zero attached hydrogens (tertiary/aromatic N) is 2. The third-order valence-electron chi connectivity index (χ3n) is 6.58. The first-order valence-electron chi connectivity index (χ1n) is 13.2. The van der Waals surface area contributed by atoms with Crippen molar-refractivity contribution in [3.8, 4) is 0 Å². The number of hydrogen-bond donors (Lipinski definition) is 1. The Morgan fingerprint density at radius 2 is 1.75 bits per heavy atom. The van der Waals surface area contributed by atoms with E-state index in [1.54, 1.807) is 46.1 Å². The number of nitrogens with one attached hydrogen (secondary N) is 1. The van der Waals surface area contributed by atoms with Crippen molar-refractivity contribution in [3.63, 3.8) is 0 Å². The van der Waals surface area contributed by atoms with Crippen molar-refractivity contribution in [1.82, 2.24) is 10.2 Å². The molecule has 2 rings (SSSR count). The van der Waals surface area contributed by atoms with Crippen LogP contribution in [0, 0.1) is 24.5 Å². The lowest BCUT2D eigenvalue weighted by atomic mass is 10.0. The first-order chi connectivity index (χ1) is 18.8. The van der Waals surface area contributed by atoms with E-state index in [2.05, 4.69) is 27.8 Å². The summed E-state index contributed by atoms with van der Waals surface area (Å²) in [4.78, 5) is 42.1. The molecule has 0 radical (unpaired) electrons. The van der Waals surface area contributed by atoms with Crippen LogP contribution < -0.4 is 10.2 Å². The summed E-state index contributed by atoms with van der Waals surface area (Å²) < 4.78 is 27.6. The molecule has 0 saturated heterocycles. The van der Waals surface area contributed by atoms with Gasteiger partial charge in [-0.3, -0.25) is 19.3 Å². The number of hydrogen-bond acceptors (Lipinski definition) is 3. The lowest BCUT2D eigenvalue weighted by Gasteiger charge is -2.26. The zero-order valence-electron chi connectivity index (χ0n) is 24.0. The van der Waals surface area contributed by atoms with Gasteiger partial charge in [0.1, 0.15) is 11.6 Å². The molecular formula is C31H38BrF2N3O3. The second kappa shape index (κ2) is 14.9. The van der Waals surface area contributed by atoms with Gasteiger partial charge < -0.3 is 10.2 Å². The summed E-state index contributed by atoms with van der Waals surface area (Å²) in [6, 6.07) is 8.50. The number of halogens is 3. The summed E-state index contributed by atoms with van der Waals surface area (Å²) in [6.07, 6.45) is 2.12. The molecule has 0 aromatic heterocycles. The zero-order chi connectivity index (χ0) is 30.1. The third kappa shape index (κ3) is 8.58. The maximum atomic E-state index is 14.1. The molecule has 0 spiro atoms. The Morgan fingerprint density at radius 1 is 1.07 bits per heavy atom. The van der Waals surface area contributed by atoms with Crippen LogP contribution in [0.5, 0.6) is 0 Å². The average molecular weight is 619 g/mol. The molecule has 2 aromatic rings.